The van der Waals surface area contributed by atoms with Gasteiger partial charge in [-0.25, -0.2) is 9.97 Å². The molecular weight excluding hydrogens is 281 g/mol. The molecule has 0 amide bonds. The van der Waals surface area contributed by atoms with Gasteiger partial charge < -0.3 is 5.73 Å². The van der Waals surface area contributed by atoms with Crippen molar-refractivity contribution in [2.75, 3.05) is 0 Å². The summed E-state index contributed by atoms with van der Waals surface area (Å²) in [6.07, 6.45) is -1.05. The first-order chi connectivity index (χ1) is 8.91. The third-order valence-corrected chi connectivity index (χ3v) is 2.70. The monoisotopic (exact) mass is 288 g/mol. The van der Waals surface area contributed by atoms with Crippen molar-refractivity contribution in [3.8, 4) is 11.3 Å². The van der Waals surface area contributed by atoms with Crippen LogP contribution in [-0.2, 0) is 12.7 Å². The van der Waals surface area contributed by atoms with Crippen molar-refractivity contribution >= 4 is 11.6 Å². The first-order valence-corrected chi connectivity index (χ1v) is 5.53. The Hall–Kier alpha value is -1.73. The van der Waals surface area contributed by atoms with Gasteiger partial charge in [0.1, 0.15) is 0 Å². The highest BCUT2D eigenvalue weighted by Gasteiger charge is 2.34. The van der Waals surface area contributed by atoms with Crippen LogP contribution in [0, 0.1) is 0 Å². The van der Waals surface area contributed by atoms with Crippen LogP contribution in [0.3, 0.4) is 0 Å². The van der Waals surface area contributed by atoms with E-state index in [0.29, 0.717) is 21.8 Å². The molecule has 0 radical (unpaired) electrons. The van der Waals surface area contributed by atoms with Gasteiger partial charge in [-0.1, -0.05) is 11.6 Å². The highest BCUT2D eigenvalue weighted by atomic mass is 35.5. The summed E-state index contributed by atoms with van der Waals surface area (Å²) in [5.41, 5.74) is 6.91. The number of alkyl halides is 3. The Labute approximate surface area is 111 Å². The fourth-order valence-electron chi connectivity index (χ4n) is 1.40. The zero-order valence-electron chi connectivity index (χ0n) is 9.45. The lowest BCUT2D eigenvalue weighted by atomic mass is 10.1. The van der Waals surface area contributed by atoms with Crippen LogP contribution < -0.4 is 5.73 Å². The van der Waals surface area contributed by atoms with Crippen molar-refractivity contribution in [1.82, 2.24) is 15.0 Å². The van der Waals surface area contributed by atoms with E-state index in [1.807, 2.05) is 0 Å². The topological polar surface area (TPSA) is 64.7 Å². The summed E-state index contributed by atoms with van der Waals surface area (Å²) in [5.74, 6) is -1.19. The number of rotatable bonds is 2. The van der Waals surface area contributed by atoms with Crippen LogP contribution in [0.15, 0.2) is 24.7 Å². The number of nitrogens with zero attached hydrogens (tertiary/aromatic N) is 3. The summed E-state index contributed by atoms with van der Waals surface area (Å²) in [6.45, 7) is 0.204. The molecule has 2 aromatic rings. The maximum absolute atomic E-state index is 12.3. The van der Waals surface area contributed by atoms with Gasteiger partial charge in [0.15, 0.2) is 0 Å². The summed E-state index contributed by atoms with van der Waals surface area (Å²) in [7, 11) is 0. The van der Waals surface area contributed by atoms with Gasteiger partial charge in [0.25, 0.3) is 0 Å². The first-order valence-electron chi connectivity index (χ1n) is 5.16. The summed E-state index contributed by atoms with van der Waals surface area (Å²) >= 11 is 5.85. The van der Waals surface area contributed by atoms with Crippen LogP contribution in [0.4, 0.5) is 13.2 Å². The number of hydrogen-bond donors (Lipinski definition) is 1. The van der Waals surface area contributed by atoms with E-state index in [1.54, 1.807) is 6.07 Å². The van der Waals surface area contributed by atoms with Gasteiger partial charge in [0.05, 0.1) is 10.7 Å². The fraction of sp³-hybridized carbons (Fsp3) is 0.182. The van der Waals surface area contributed by atoms with Crippen LogP contribution in [0.2, 0.25) is 5.02 Å². The molecule has 0 saturated heterocycles. The van der Waals surface area contributed by atoms with Crippen LogP contribution in [0.25, 0.3) is 11.3 Å². The lowest BCUT2D eigenvalue weighted by molar-refractivity contribution is -0.144. The van der Waals surface area contributed by atoms with E-state index in [1.165, 1.54) is 6.20 Å². The van der Waals surface area contributed by atoms with Crippen molar-refractivity contribution in [3.63, 3.8) is 0 Å². The lowest BCUT2D eigenvalue weighted by Crippen LogP contribution is -2.10. The van der Waals surface area contributed by atoms with Gasteiger partial charge in [-0.3, -0.25) is 4.98 Å². The second-order valence-electron chi connectivity index (χ2n) is 3.66. The van der Waals surface area contributed by atoms with E-state index in [0.717, 1.165) is 12.4 Å². The average molecular weight is 289 g/mol. The molecule has 0 spiro atoms. The van der Waals surface area contributed by atoms with Gasteiger partial charge in [0.2, 0.25) is 5.82 Å². The zero-order chi connectivity index (χ0) is 14.0. The van der Waals surface area contributed by atoms with Gasteiger partial charge in [0, 0.05) is 30.7 Å². The molecule has 2 aromatic heterocycles. The summed E-state index contributed by atoms with van der Waals surface area (Å²) in [5, 5.41) is 0.402. The normalized spacial score (nSPS) is 11.6. The lowest BCUT2D eigenvalue weighted by Gasteiger charge is -2.07. The Bertz CT molecular complexity index is 583. The second-order valence-corrected chi connectivity index (χ2v) is 4.07. The number of hydrogen-bond acceptors (Lipinski definition) is 4. The molecule has 19 heavy (non-hydrogen) atoms. The van der Waals surface area contributed by atoms with E-state index in [9.17, 15) is 13.2 Å². The average Bonchev–Trinajstić information content (AvgIpc) is 2.38. The minimum Gasteiger partial charge on any atom is -0.326 e. The molecule has 8 heteroatoms. The maximum atomic E-state index is 12.3. The molecule has 0 saturated carbocycles. The van der Waals surface area contributed by atoms with Gasteiger partial charge in [-0.15, -0.1) is 0 Å². The second kappa shape index (κ2) is 5.10. The molecule has 0 aliphatic rings. The molecule has 2 N–H and O–H groups in total. The van der Waals surface area contributed by atoms with Crippen molar-refractivity contribution in [1.29, 1.82) is 0 Å². The molecule has 0 aliphatic heterocycles. The Morgan fingerprint density at radius 3 is 2.26 bits per heavy atom. The Kier molecular flexibility index (Phi) is 3.68. The zero-order valence-corrected chi connectivity index (χ0v) is 10.2. The molecule has 2 heterocycles. The number of aromatic nitrogens is 3. The van der Waals surface area contributed by atoms with E-state index >= 15 is 0 Å². The van der Waals surface area contributed by atoms with Gasteiger partial charge in [-0.2, -0.15) is 13.2 Å². The van der Waals surface area contributed by atoms with Crippen LogP contribution >= 0.6 is 11.6 Å². The van der Waals surface area contributed by atoms with Crippen molar-refractivity contribution in [3.05, 3.63) is 41.1 Å². The standard InChI is InChI=1S/C11H8ClF3N4/c12-8-5-17-9(1-6(8)2-16)7-3-18-10(19-4-7)11(13,14)15/h1,3-5H,2,16H2. The maximum Gasteiger partial charge on any atom is 0.451 e. The van der Waals surface area contributed by atoms with Gasteiger partial charge in [-0.05, 0) is 11.6 Å². The van der Waals surface area contributed by atoms with Crippen molar-refractivity contribution < 1.29 is 13.2 Å². The van der Waals surface area contributed by atoms with Crippen LogP contribution in [-0.4, -0.2) is 15.0 Å². The summed E-state index contributed by atoms with van der Waals surface area (Å²) in [4.78, 5) is 10.5. The first kappa shape index (κ1) is 13.7. The molecule has 0 aromatic carbocycles. The number of nitrogens with two attached hydrogens (primary N) is 1. The fourth-order valence-corrected chi connectivity index (χ4v) is 1.58. The molecular formula is C11H8ClF3N4. The quantitative estimate of drug-likeness (QED) is 0.923. The molecule has 0 unspecified atom stereocenters. The molecule has 4 nitrogen and oxygen atoms in total. The molecule has 0 aliphatic carbocycles. The minimum absolute atomic E-state index is 0.204. The molecule has 0 bridgehead atoms. The predicted octanol–water partition coefficient (Wildman–Crippen LogP) is 2.67. The summed E-state index contributed by atoms with van der Waals surface area (Å²) < 4.78 is 37.0. The molecule has 2 rings (SSSR count). The Morgan fingerprint density at radius 1 is 1.11 bits per heavy atom. The SMILES string of the molecule is NCc1cc(-c2cnc(C(F)(F)F)nc2)ncc1Cl. The highest BCUT2D eigenvalue weighted by Crippen LogP contribution is 2.27. The third kappa shape index (κ3) is 2.99. The van der Waals surface area contributed by atoms with E-state index in [2.05, 4.69) is 15.0 Å². The largest absolute Gasteiger partial charge is 0.451 e. The van der Waals surface area contributed by atoms with Crippen LogP contribution in [0.1, 0.15) is 11.4 Å². The Balaban J connectivity index is 2.37. The minimum atomic E-state index is -4.56. The highest BCUT2D eigenvalue weighted by molar-refractivity contribution is 6.31. The van der Waals surface area contributed by atoms with Crippen molar-refractivity contribution in [2.45, 2.75) is 12.7 Å². The Morgan fingerprint density at radius 2 is 1.74 bits per heavy atom. The number of pyridine rings is 1. The van der Waals surface area contributed by atoms with Crippen molar-refractivity contribution in [2.24, 2.45) is 5.73 Å². The predicted molar refractivity (Wildman–Crippen MR) is 63.2 cm³/mol. The summed E-state index contributed by atoms with van der Waals surface area (Å²) in [6, 6.07) is 1.59. The molecule has 0 atom stereocenters. The van der Waals surface area contributed by atoms with Gasteiger partial charge >= 0.3 is 6.18 Å². The van der Waals surface area contributed by atoms with E-state index < -0.39 is 12.0 Å². The molecule has 100 valence electrons. The smallest absolute Gasteiger partial charge is 0.326 e. The van der Waals surface area contributed by atoms with Crippen LogP contribution in [0.5, 0.6) is 0 Å². The molecule has 0 fully saturated rings. The van der Waals surface area contributed by atoms with E-state index in [4.69, 9.17) is 17.3 Å². The number of halogens is 4. The van der Waals surface area contributed by atoms with E-state index in [-0.39, 0.29) is 6.54 Å². The third-order valence-electron chi connectivity index (χ3n) is 2.36.